The fourth-order valence-corrected chi connectivity index (χ4v) is 5.98. The van der Waals surface area contributed by atoms with E-state index in [9.17, 15) is 14.7 Å². The van der Waals surface area contributed by atoms with Crippen LogP contribution in [0.25, 0.3) is 0 Å². The minimum absolute atomic E-state index is 0.0165. The lowest BCUT2D eigenvalue weighted by Crippen LogP contribution is -2.57. The number of carbonyl (C=O) groups excluding carboxylic acids is 2. The topological polar surface area (TPSA) is 91.3 Å². The molecule has 2 aromatic rings. The molecule has 2 aliphatic rings. The van der Waals surface area contributed by atoms with Crippen LogP contribution < -0.4 is 10.1 Å². The summed E-state index contributed by atoms with van der Waals surface area (Å²) in [6.07, 6.45) is 1.64. The molecule has 0 saturated carbocycles. The summed E-state index contributed by atoms with van der Waals surface area (Å²) in [7, 11) is 0. The number of amides is 2. The van der Waals surface area contributed by atoms with Crippen LogP contribution in [0.1, 0.15) is 69.2 Å². The molecule has 2 fully saturated rings. The Morgan fingerprint density at radius 1 is 1.12 bits per heavy atom. The molecule has 0 aliphatic carbocycles. The lowest BCUT2D eigenvalue weighted by atomic mass is 9.86. The molecule has 0 spiro atoms. The van der Waals surface area contributed by atoms with Crippen molar-refractivity contribution >= 4 is 23.4 Å². The van der Waals surface area contributed by atoms with Crippen molar-refractivity contribution in [1.29, 1.82) is 0 Å². The van der Waals surface area contributed by atoms with Gasteiger partial charge in [0.2, 0.25) is 11.8 Å². The number of aryl methyl sites for hydroxylation is 2. The SMILES string of the molecule is CC(=O)NC1CCN(C(=O)C[C@]2(COc3cc(C)c(Cl)c(C)c3)CN(Cc3cc(C(C)(C)C)ccc3O)CCO2)CC1. The van der Waals surface area contributed by atoms with Gasteiger partial charge in [-0.3, -0.25) is 14.5 Å². The molecule has 0 radical (unpaired) electrons. The van der Waals surface area contributed by atoms with E-state index in [0.29, 0.717) is 50.1 Å². The third-order valence-corrected chi connectivity index (χ3v) is 8.90. The number of carbonyl (C=O) groups is 2. The van der Waals surface area contributed by atoms with Crippen molar-refractivity contribution in [2.24, 2.45) is 0 Å². The number of hydrogen-bond donors (Lipinski definition) is 2. The minimum atomic E-state index is -0.873. The fourth-order valence-electron chi connectivity index (χ4n) is 5.88. The molecule has 1 atom stereocenters. The van der Waals surface area contributed by atoms with E-state index in [1.54, 1.807) is 6.07 Å². The van der Waals surface area contributed by atoms with Gasteiger partial charge in [-0.05, 0) is 67.0 Å². The van der Waals surface area contributed by atoms with Crippen LogP contribution in [0.4, 0.5) is 0 Å². The van der Waals surface area contributed by atoms with Gasteiger partial charge >= 0.3 is 0 Å². The Morgan fingerprint density at radius 3 is 2.40 bits per heavy atom. The third-order valence-electron chi connectivity index (χ3n) is 8.31. The molecule has 2 amide bonds. The summed E-state index contributed by atoms with van der Waals surface area (Å²) in [6.45, 7) is 15.4. The number of rotatable bonds is 8. The molecule has 42 heavy (non-hydrogen) atoms. The average Bonchev–Trinajstić information content (AvgIpc) is 2.91. The van der Waals surface area contributed by atoms with Gasteiger partial charge in [-0.15, -0.1) is 0 Å². The lowest BCUT2D eigenvalue weighted by Gasteiger charge is -2.43. The van der Waals surface area contributed by atoms with Gasteiger partial charge in [0.1, 0.15) is 23.7 Å². The second-order valence-corrected chi connectivity index (χ2v) is 13.4. The molecule has 2 saturated heterocycles. The monoisotopic (exact) mass is 599 g/mol. The number of hydrogen-bond acceptors (Lipinski definition) is 6. The number of morpholine rings is 1. The maximum absolute atomic E-state index is 13.7. The standard InChI is InChI=1S/C33H46ClN3O5/c1-22-15-28(16-23(2)31(22)34)41-21-33(18-30(40)37-11-9-27(10-12-37)35-24(3)38)20-36(13-14-42-33)19-25-17-26(32(4,5)6)7-8-29(25)39/h7-8,15-17,27,39H,9-14,18-21H2,1-6H3,(H,35,38)/t33-/m1/s1. The highest BCUT2D eigenvalue weighted by Crippen LogP contribution is 2.32. The van der Waals surface area contributed by atoms with Gasteiger partial charge in [-0.25, -0.2) is 0 Å². The van der Waals surface area contributed by atoms with Crippen molar-refractivity contribution in [3.05, 3.63) is 57.6 Å². The van der Waals surface area contributed by atoms with Crippen molar-refractivity contribution < 1.29 is 24.2 Å². The van der Waals surface area contributed by atoms with Gasteiger partial charge in [-0.2, -0.15) is 0 Å². The fraction of sp³-hybridized carbons (Fsp3) is 0.576. The van der Waals surface area contributed by atoms with E-state index in [0.717, 1.165) is 35.1 Å². The van der Waals surface area contributed by atoms with Crippen molar-refractivity contribution in [2.45, 2.75) is 84.4 Å². The van der Waals surface area contributed by atoms with Crippen LogP contribution in [0.5, 0.6) is 11.5 Å². The van der Waals surface area contributed by atoms with Gasteiger partial charge in [-0.1, -0.05) is 44.5 Å². The first-order valence-electron chi connectivity index (χ1n) is 14.9. The Kier molecular flexibility index (Phi) is 10.1. The second-order valence-electron chi connectivity index (χ2n) is 13.0. The number of phenolic OH excluding ortho intramolecular Hbond substituents is 1. The molecule has 2 N–H and O–H groups in total. The first kappa shape index (κ1) is 32.1. The molecule has 2 aromatic carbocycles. The summed E-state index contributed by atoms with van der Waals surface area (Å²) >= 11 is 6.39. The zero-order valence-electron chi connectivity index (χ0n) is 25.9. The maximum Gasteiger partial charge on any atom is 0.225 e. The number of likely N-dealkylation sites (tertiary alicyclic amines) is 1. The largest absolute Gasteiger partial charge is 0.508 e. The van der Waals surface area contributed by atoms with Crippen molar-refractivity contribution in [2.75, 3.05) is 39.4 Å². The molecule has 9 heteroatoms. The first-order chi connectivity index (χ1) is 19.7. The van der Waals surface area contributed by atoms with E-state index >= 15 is 0 Å². The molecular formula is C33H46ClN3O5. The van der Waals surface area contributed by atoms with Crippen LogP contribution in [0.3, 0.4) is 0 Å². The summed E-state index contributed by atoms with van der Waals surface area (Å²) in [5, 5.41) is 14.4. The van der Waals surface area contributed by atoms with Crippen LogP contribution >= 0.6 is 11.6 Å². The van der Waals surface area contributed by atoms with E-state index in [4.69, 9.17) is 21.1 Å². The van der Waals surface area contributed by atoms with Crippen molar-refractivity contribution in [3.8, 4) is 11.5 Å². The van der Waals surface area contributed by atoms with Crippen LogP contribution in [-0.2, 0) is 26.3 Å². The predicted molar refractivity (Wildman–Crippen MR) is 165 cm³/mol. The first-order valence-corrected chi connectivity index (χ1v) is 15.3. The second kappa shape index (κ2) is 13.2. The van der Waals surface area contributed by atoms with Gasteiger partial charge in [0.05, 0.1) is 13.0 Å². The highest BCUT2D eigenvalue weighted by Gasteiger charge is 2.41. The molecule has 2 heterocycles. The van der Waals surface area contributed by atoms with Crippen molar-refractivity contribution in [3.63, 3.8) is 0 Å². The minimum Gasteiger partial charge on any atom is -0.508 e. The molecular weight excluding hydrogens is 554 g/mol. The number of aromatic hydroxyl groups is 1. The molecule has 230 valence electrons. The number of phenols is 1. The zero-order valence-corrected chi connectivity index (χ0v) is 26.6. The summed E-state index contributed by atoms with van der Waals surface area (Å²) in [4.78, 5) is 29.3. The Balaban J connectivity index is 1.53. The Hall–Kier alpha value is -2.81. The van der Waals surface area contributed by atoms with E-state index in [-0.39, 0.29) is 42.0 Å². The molecule has 0 aromatic heterocycles. The predicted octanol–water partition coefficient (Wildman–Crippen LogP) is 5.13. The molecule has 0 unspecified atom stereocenters. The number of halogens is 1. The number of ether oxygens (including phenoxy) is 2. The summed E-state index contributed by atoms with van der Waals surface area (Å²) < 4.78 is 12.7. The summed E-state index contributed by atoms with van der Waals surface area (Å²) in [5.41, 5.74) is 2.96. The Labute approximate surface area is 255 Å². The molecule has 4 rings (SSSR count). The van der Waals surface area contributed by atoms with Crippen LogP contribution in [0, 0.1) is 13.8 Å². The van der Waals surface area contributed by atoms with E-state index in [1.165, 1.54) is 6.92 Å². The van der Waals surface area contributed by atoms with E-state index in [2.05, 4.69) is 37.1 Å². The number of piperidine rings is 1. The van der Waals surface area contributed by atoms with Crippen molar-refractivity contribution in [1.82, 2.24) is 15.1 Å². The van der Waals surface area contributed by atoms with Gasteiger partial charge in [0.25, 0.3) is 0 Å². The Bertz CT molecular complexity index is 1260. The highest BCUT2D eigenvalue weighted by atomic mass is 35.5. The van der Waals surface area contributed by atoms with Crippen LogP contribution in [0.2, 0.25) is 5.02 Å². The third kappa shape index (κ3) is 8.17. The van der Waals surface area contributed by atoms with Crippen LogP contribution in [-0.4, -0.2) is 77.8 Å². The highest BCUT2D eigenvalue weighted by molar-refractivity contribution is 6.32. The van der Waals surface area contributed by atoms with Gasteiger partial charge in [0, 0.05) is 56.3 Å². The number of nitrogens with one attached hydrogen (secondary N) is 1. The number of benzene rings is 2. The van der Waals surface area contributed by atoms with E-state index < -0.39 is 5.60 Å². The molecule has 8 nitrogen and oxygen atoms in total. The maximum atomic E-state index is 13.7. The molecule has 2 aliphatic heterocycles. The normalized spacial score (nSPS) is 20.4. The quantitative estimate of drug-likeness (QED) is 0.437. The average molecular weight is 600 g/mol. The molecule has 0 bridgehead atoms. The Morgan fingerprint density at radius 2 is 1.79 bits per heavy atom. The lowest BCUT2D eigenvalue weighted by molar-refractivity contribution is -0.157. The van der Waals surface area contributed by atoms with E-state index in [1.807, 2.05) is 36.9 Å². The van der Waals surface area contributed by atoms with Crippen LogP contribution in [0.15, 0.2) is 30.3 Å². The number of nitrogens with zero attached hydrogens (tertiary/aromatic N) is 2. The zero-order chi connectivity index (χ0) is 30.7. The summed E-state index contributed by atoms with van der Waals surface area (Å²) in [5.74, 6) is 0.927. The van der Waals surface area contributed by atoms with Gasteiger partial charge < -0.3 is 24.8 Å². The van der Waals surface area contributed by atoms with Gasteiger partial charge in [0.15, 0.2) is 0 Å². The summed E-state index contributed by atoms with van der Waals surface area (Å²) in [6, 6.07) is 9.74. The smallest absolute Gasteiger partial charge is 0.225 e.